The molecule has 0 saturated carbocycles. The lowest BCUT2D eigenvalue weighted by molar-refractivity contribution is -0.116. The molecule has 0 aromatic carbocycles. The van der Waals surface area contributed by atoms with Crippen molar-refractivity contribution in [1.82, 2.24) is 29.8 Å². The van der Waals surface area contributed by atoms with Crippen LogP contribution in [0.5, 0.6) is 0 Å². The molecular weight excluding hydrogens is 917 g/mol. The predicted molar refractivity (Wildman–Crippen MR) is 277 cm³/mol. The first kappa shape index (κ1) is 69.6. The number of ether oxygens (including phenoxy) is 5. The van der Waals surface area contributed by atoms with Crippen LogP contribution in [0.25, 0.3) is 0 Å². The van der Waals surface area contributed by atoms with Gasteiger partial charge in [-0.1, -0.05) is 71.1 Å². The highest BCUT2D eigenvalue weighted by molar-refractivity contribution is 5.88. The molecule has 0 atom stereocenters. The lowest BCUT2D eigenvalue weighted by Crippen LogP contribution is -2.44. The minimum atomic E-state index is -0.775. The summed E-state index contributed by atoms with van der Waals surface area (Å²) in [6.45, 7) is 39.4. The van der Waals surface area contributed by atoms with Crippen LogP contribution >= 0.6 is 0 Å². The van der Waals surface area contributed by atoms with Crippen molar-refractivity contribution in [3.8, 4) is 0 Å². The number of imide groups is 2. The summed E-state index contributed by atoms with van der Waals surface area (Å²) in [5, 5.41) is 2.60. The number of hydrogen-bond acceptors (Lipinski definition) is 13. The number of nitrogens with one attached hydrogen (secondary N) is 1. The number of carbonyl (C=O) groups is 8. The number of alkyl carbamates (subject to hydrolysis) is 1. The Bertz CT molecular complexity index is 1520. The van der Waals surface area contributed by atoms with Crippen molar-refractivity contribution in [3.63, 3.8) is 0 Å². The van der Waals surface area contributed by atoms with Crippen LogP contribution in [0.15, 0.2) is 38.3 Å². The molecule has 1 N–H and O–H groups in total. The summed E-state index contributed by atoms with van der Waals surface area (Å²) in [7, 11) is 0. The third-order valence-electron chi connectivity index (χ3n) is 8.67. The van der Waals surface area contributed by atoms with Crippen molar-refractivity contribution in [2.24, 2.45) is 0 Å². The zero-order valence-corrected chi connectivity index (χ0v) is 46.4. The zero-order valence-electron chi connectivity index (χ0n) is 46.4. The van der Waals surface area contributed by atoms with Crippen LogP contribution in [-0.2, 0) is 38.1 Å². The predicted octanol–water partition coefficient (Wildman–Crippen LogP) is 11.3. The van der Waals surface area contributed by atoms with Crippen molar-refractivity contribution in [2.45, 2.75) is 209 Å². The maximum absolute atomic E-state index is 12.4. The van der Waals surface area contributed by atoms with Crippen molar-refractivity contribution < 1.29 is 62.0 Å². The normalized spacial score (nSPS) is 11.3. The van der Waals surface area contributed by atoms with Crippen LogP contribution in [0, 0.1) is 0 Å². The number of unbranched alkanes of at least 4 members (excludes halogenated alkanes) is 9. The molecule has 19 nitrogen and oxygen atoms in total. The summed E-state index contributed by atoms with van der Waals surface area (Å²) in [5.74, 6) is 0. The number of amides is 8. The zero-order chi connectivity index (χ0) is 55.5. The van der Waals surface area contributed by atoms with E-state index in [1.54, 1.807) is 115 Å². The Balaban J connectivity index is -0.00000104. The van der Waals surface area contributed by atoms with E-state index in [0.29, 0.717) is 51.8 Å². The minimum absolute atomic E-state index is 0.0714. The highest BCUT2D eigenvalue weighted by Crippen LogP contribution is 2.18. The standard InChI is InChI=1S/C25H46N2O5.C16H28N2O5.C11H20N2O3/c1-8-26(21-28)19-17-15-13-11-9-10-12-14-16-18-20-27(22(29)31-24(2,3)4)23(30)32-25(5,6)7;1-8-17(12-19)10-9-11-18(13(20)22-15(2,3)4)14(21)23-16(5,6)7;1-5-13(9-14)8-6-7-12-10(15)16-11(2,3)4/h8,21H,1,9-20H2,2-7H3;8,12H,1,9-11H2,2-7H3;5,9H,1,6-8H2,2-4H3,(H,12,15). The number of rotatable bonds is 27. The molecule has 0 unspecified atom stereocenters. The maximum atomic E-state index is 12.4. The molecule has 0 rings (SSSR count). The average Bonchev–Trinajstić information content (AvgIpc) is 3.21. The second-order valence-corrected chi connectivity index (χ2v) is 21.5. The van der Waals surface area contributed by atoms with Gasteiger partial charge in [0.1, 0.15) is 28.0 Å². The van der Waals surface area contributed by atoms with Gasteiger partial charge in [0, 0.05) is 39.3 Å². The van der Waals surface area contributed by atoms with Gasteiger partial charge in [0.05, 0.1) is 0 Å². The third kappa shape index (κ3) is 44.1. The summed E-state index contributed by atoms with van der Waals surface area (Å²) in [5.41, 5.74) is -3.28. The molecule has 0 heterocycles. The first-order chi connectivity index (χ1) is 32.7. The molecule has 0 aliphatic heterocycles. The lowest BCUT2D eigenvalue weighted by Gasteiger charge is -2.28. The second-order valence-electron chi connectivity index (χ2n) is 21.5. The van der Waals surface area contributed by atoms with Crippen LogP contribution in [0.4, 0.5) is 24.0 Å². The van der Waals surface area contributed by atoms with E-state index in [1.807, 2.05) is 0 Å². The van der Waals surface area contributed by atoms with E-state index in [4.69, 9.17) is 23.7 Å². The fourth-order valence-corrected chi connectivity index (χ4v) is 5.50. The van der Waals surface area contributed by atoms with E-state index in [-0.39, 0.29) is 6.54 Å². The molecule has 0 radical (unpaired) electrons. The van der Waals surface area contributed by atoms with Crippen molar-refractivity contribution >= 4 is 49.7 Å². The molecule has 71 heavy (non-hydrogen) atoms. The van der Waals surface area contributed by atoms with Gasteiger partial charge in [-0.3, -0.25) is 14.4 Å². The monoisotopic (exact) mass is 1010 g/mol. The third-order valence-corrected chi connectivity index (χ3v) is 8.67. The molecule has 8 amide bonds. The molecule has 0 aliphatic rings. The Labute approximate surface area is 427 Å². The van der Waals surface area contributed by atoms with Crippen LogP contribution < -0.4 is 5.32 Å². The topological polar surface area (TPSA) is 211 Å². The number of hydrogen-bond donors (Lipinski definition) is 1. The van der Waals surface area contributed by atoms with Crippen LogP contribution in [-0.4, -0.2) is 141 Å². The van der Waals surface area contributed by atoms with Gasteiger partial charge in [-0.15, -0.1) is 0 Å². The Morgan fingerprint density at radius 2 is 0.606 bits per heavy atom. The largest absolute Gasteiger partial charge is 0.444 e. The van der Waals surface area contributed by atoms with Crippen molar-refractivity contribution in [1.29, 1.82) is 0 Å². The molecule has 0 aromatic rings. The molecule has 0 aromatic heterocycles. The molecule has 0 spiro atoms. The first-order valence-corrected chi connectivity index (χ1v) is 24.6. The number of carbonyl (C=O) groups excluding carboxylic acids is 8. The van der Waals surface area contributed by atoms with E-state index in [1.165, 1.54) is 47.9 Å². The Morgan fingerprint density at radius 1 is 0.366 bits per heavy atom. The summed E-state index contributed by atoms with van der Waals surface area (Å²) >= 11 is 0. The second kappa shape index (κ2) is 36.3. The molecular formula is C52H94N6O13. The van der Waals surface area contributed by atoms with E-state index in [9.17, 15) is 38.4 Å². The SMILES string of the molecule is C=CN(C=O)CCCCCCCCCCCCN(C(=O)OC(C)(C)C)C(=O)OC(C)(C)C.C=CN(C=O)CCCN(C(=O)OC(C)(C)C)C(=O)OC(C)(C)C.C=CN(C=O)CCCNC(=O)OC(C)(C)C. The fraction of sp³-hybridized carbons (Fsp3) is 0.731. The van der Waals surface area contributed by atoms with Crippen molar-refractivity contribution in [2.75, 3.05) is 39.3 Å². The van der Waals surface area contributed by atoms with E-state index in [0.717, 1.165) is 61.3 Å². The Kier molecular flexibility index (Phi) is 35.6. The molecule has 19 heteroatoms. The highest BCUT2D eigenvalue weighted by atomic mass is 16.6. The summed E-state index contributed by atoms with van der Waals surface area (Å²) in [4.78, 5) is 98.6. The van der Waals surface area contributed by atoms with Crippen LogP contribution in [0.3, 0.4) is 0 Å². The fourth-order valence-electron chi connectivity index (χ4n) is 5.50. The van der Waals surface area contributed by atoms with Gasteiger partial charge in [0.15, 0.2) is 0 Å². The van der Waals surface area contributed by atoms with E-state index >= 15 is 0 Å². The molecule has 0 fully saturated rings. The first-order valence-electron chi connectivity index (χ1n) is 24.6. The Morgan fingerprint density at radius 3 is 0.873 bits per heavy atom. The average molecular weight is 1010 g/mol. The highest BCUT2D eigenvalue weighted by Gasteiger charge is 2.32. The van der Waals surface area contributed by atoms with Gasteiger partial charge in [-0.2, -0.15) is 0 Å². The van der Waals surface area contributed by atoms with E-state index < -0.39 is 58.5 Å². The molecule has 0 saturated heterocycles. The van der Waals surface area contributed by atoms with Gasteiger partial charge in [-0.05, 0) is 148 Å². The van der Waals surface area contributed by atoms with Gasteiger partial charge in [0.2, 0.25) is 19.2 Å². The summed E-state index contributed by atoms with van der Waals surface area (Å²) < 4.78 is 26.2. The van der Waals surface area contributed by atoms with E-state index in [2.05, 4.69) is 25.1 Å². The lowest BCUT2D eigenvalue weighted by atomic mass is 10.1. The van der Waals surface area contributed by atoms with Gasteiger partial charge in [-0.25, -0.2) is 33.8 Å². The quantitative estimate of drug-likeness (QED) is 0.0461. The molecule has 0 bridgehead atoms. The van der Waals surface area contributed by atoms with Crippen LogP contribution in [0.2, 0.25) is 0 Å². The van der Waals surface area contributed by atoms with Gasteiger partial charge in [0.25, 0.3) is 0 Å². The summed E-state index contributed by atoms with van der Waals surface area (Å²) in [6, 6.07) is 0. The van der Waals surface area contributed by atoms with Crippen LogP contribution in [0.1, 0.15) is 181 Å². The molecule has 410 valence electrons. The molecule has 0 aliphatic carbocycles. The summed E-state index contributed by atoms with van der Waals surface area (Å²) in [6.07, 6.45) is 15.1. The smallest absolute Gasteiger partial charge is 0.419 e. The van der Waals surface area contributed by atoms with Gasteiger partial charge < -0.3 is 43.7 Å². The Hall–Kier alpha value is -5.62. The minimum Gasteiger partial charge on any atom is -0.444 e. The van der Waals surface area contributed by atoms with Crippen molar-refractivity contribution in [3.05, 3.63) is 38.3 Å². The van der Waals surface area contributed by atoms with Gasteiger partial charge >= 0.3 is 30.5 Å². The number of nitrogens with zero attached hydrogens (tertiary/aromatic N) is 5. The maximum Gasteiger partial charge on any atom is 0.419 e.